The lowest BCUT2D eigenvalue weighted by Crippen LogP contribution is -2.45. The van der Waals surface area contributed by atoms with Gasteiger partial charge in [0, 0.05) is 44.9 Å². The summed E-state index contributed by atoms with van der Waals surface area (Å²) < 4.78 is 0. The third-order valence-corrected chi connectivity index (χ3v) is 3.58. The molecule has 0 spiro atoms. The van der Waals surface area contributed by atoms with Crippen LogP contribution in [0.15, 0.2) is 18.2 Å². The van der Waals surface area contributed by atoms with Crippen LogP contribution in [0.3, 0.4) is 0 Å². The lowest BCUT2D eigenvalue weighted by atomic mass is 10.0. The van der Waals surface area contributed by atoms with Crippen LogP contribution in [0, 0.1) is 10.1 Å². The van der Waals surface area contributed by atoms with Crippen LogP contribution >= 0.6 is 0 Å². The first-order valence-electron chi connectivity index (χ1n) is 6.66. The minimum atomic E-state index is -0.591. The highest BCUT2D eigenvalue weighted by Gasteiger charge is 2.24. The Kier molecular flexibility index (Phi) is 4.89. The van der Waals surface area contributed by atoms with E-state index in [1.54, 1.807) is 6.07 Å². The van der Waals surface area contributed by atoms with Gasteiger partial charge in [0.05, 0.1) is 4.92 Å². The van der Waals surface area contributed by atoms with Crippen LogP contribution in [-0.4, -0.2) is 52.8 Å². The molecule has 1 atom stereocenters. The Morgan fingerprint density at radius 3 is 2.70 bits per heavy atom. The molecule has 0 aliphatic carbocycles. The number of hydrogen-bond acceptors (Lipinski definition) is 6. The fourth-order valence-corrected chi connectivity index (χ4v) is 2.57. The third-order valence-electron chi connectivity index (χ3n) is 3.58. The van der Waals surface area contributed by atoms with E-state index in [1.807, 2.05) is 0 Å². The summed E-state index contributed by atoms with van der Waals surface area (Å²) in [5.74, 6) is -0.332. The molecule has 1 aliphatic rings. The van der Waals surface area contributed by atoms with Gasteiger partial charge < -0.3 is 15.5 Å². The Morgan fingerprint density at radius 1 is 1.40 bits per heavy atom. The Hall–Kier alpha value is -1.70. The molecule has 0 unspecified atom stereocenters. The lowest BCUT2D eigenvalue weighted by molar-refractivity contribution is -0.386. The highest BCUT2D eigenvalue weighted by Crippen LogP contribution is 2.32. The number of aliphatic hydroxyl groups is 1. The Balaban J connectivity index is 2.28. The average Bonchev–Trinajstić information content (AvgIpc) is 2.46. The van der Waals surface area contributed by atoms with Gasteiger partial charge in [-0.05, 0) is 18.1 Å². The van der Waals surface area contributed by atoms with Crippen molar-refractivity contribution in [2.45, 2.75) is 12.5 Å². The zero-order valence-electron chi connectivity index (χ0n) is 11.2. The number of aliphatic hydroxyl groups excluding tert-OH is 1. The number of benzene rings is 1. The second-order valence-corrected chi connectivity index (χ2v) is 4.82. The number of rotatable bonds is 5. The van der Waals surface area contributed by atoms with Crippen molar-refractivity contribution in [3.05, 3.63) is 33.9 Å². The van der Waals surface area contributed by atoms with Gasteiger partial charge in [-0.15, -0.1) is 0 Å². The molecule has 1 saturated heterocycles. The maximum absolute atomic E-state index is 10.9. The topological polar surface area (TPSA) is 98.9 Å². The third kappa shape index (κ3) is 3.24. The van der Waals surface area contributed by atoms with Gasteiger partial charge in [-0.25, -0.2) is 0 Å². The number of aromatic hydroxyl groups is 1. The second-order valence-electron chi connectivity index (χ2n) is 4.82. The van der Waals surface area contributed by atoms with E-state index in [9.17, 15) is 20.3 Å². The van der Waals surface area contributed by atoms with Gasteiger partial charge in [0.1, 0.15) is 0 Å². The molecule has 0 saturated carbocycles. The highest BCUT2D eigenvalue weighted by atomic mass is 16.6. The number of piperazine rings is 1. The summed E-state index contributed by atoms with van der Waals surface area (Å²) in [6.45, 7) is 3.41. The van der Waals surface area contributed by atoms with Crippen LogP contribution in [0.25, 0.3) is 0 Å². The molecule has 1 aromatic rings. The van der Waals surface area contributed by atoms with E-state index in [2.05, 4.69) is 10.2 Å². The molecule has 110 valence electrons. The van der Waals surface area contributed by atoms with Crippen LogP contribution in [0.1, 0.15) is 18.0 Å². The zero-order valence-corrected chi connectivity index (χ0v) is 11.2. The number of phenols is 1. The van der Waals surface area contributed by atoms with Crippen molar-refractivity contribution < 1.29 is 15.1 Å². The van der Waals surface area contributed by atoms with E-state index < -0.39 is 4.92 Å². The first-order valence-corrected chi connectivity index (χ1v) is 6.66. The summed E-state index contributed by atoms with van der Waals surface area (Å²) >= 11 is 0. The van der Waals surface area contributed by atoms with Gasteiger partial charge in [0.25, 0.3) is 0 Å². The van der Waals surface area contributed by atoms with Gasteiger partial charge >= 0.3 is 5.69 Å². The number of nitrogens with one attached hydrogen (secondary N) is 1. The van der Waals surface area contributed by atoms with E-state index in [-0.39, 0.29) is 24.1 Å². The second kappa shape index (κ2) is 6.65. The molecule has 2 rings (SSSR count). The van der Waals surface area contributed by atoms with Crippen molar-refractivity contribution in [1.82, 2.24) is 10.2 Å². The number of hydrogen-bond donors (Lipinski definition) is 3. The van der Waals surface area contributed by atoms with E-state index in [4.69, 9.17) is 0 Å². The molecule has 0 radical (unpaired) electrons. The quantitative estimate of drug-likeness (QED) is 0.541. The number of phenolic OH excluding ortho intramolecular Hbond substituents is 1. The maximum Gasteiger partial charge on any atom is 0.311 e. The van der Waals surface area contributed by atoms with Crippen molar-refractivity contribution in [1.29, 1.82) is 0 Å². The Bertz CT molecular complexity index is 475. The summed E-state index contributed by atoms with van der Waals surface area (Å²) in [7, 11) is 0. The lowest BCUT2D eigenvalue weighted by Gasteiger charge is -2.35. The minimum absolute atomic E-state index is 0.0171. The molecule has 0 aromatic heterocycles. The van der Waals surface area contributed by atoms with Crippen molar-refractivity contribution in [2.75, 3.05) is 32.8 Å². The molecule has 20 heavy (non-hydrogen) atoms. The predicted octanol–water partition coefficient (Wildman–Crippen LogP) is 0.629. The van der Waals surface area contributed by atoms with Crippen LogP contribution in [0.2, 0.25) is 0 Å². The maximum atomic E-state index is 10.9. The molecule has 0 bridgehead atoms. The van der Waals surface area contributed by atoms with Crippen LogP contribution in [0.5, 0.6) is 5.75 Å². The number of nitrogens with zero attached hydrogens (tertiary/aromatic N) is 2. The monoisotopic (exact) mass is 281 g/mol. The minimum Gasteiger partial charge on any atom is -0.502 e. The number of nitro benzene ring substituents is 1. The van der Waals surface area contributed by atoms with Crippen molar-refractivity contribution >= 4 is 5.69 Å². The molecule has 0 amide bonds. The first kappa shape index (κ1) is 14.7. The number of nitro groups is 1. The smallest absolute Gasteiger partial charge is 0.311 e. The normalized spacial score (nSPS) is 17.9. The van der Waals surface area contributed by atoms with Crippen molar-refractivity contribution in [3.8, 4) is 5.75 Å². The molecular formula is C13H19N3O4. The fourth-order valence-electron chi connectivity index (χ4n) is 2.57. The molecule has 7 nitrogen and oxygen atoms in total. The Morgan fingerprint density at radius 2 is 2.10 bits per heavy atom. The Labute approximate surface area is 117 Å². The predicted molar refractivity (Wildman–Crippen MR) is 73.6 cm³/mol. The zero-order chi connectivity index (χ0) is 14.5. The summed E-state index contributed by atoms with van der Waals surface area (Å²) in [6, 6.07) is 4.36. The summed E-state index contributed by atoms with van der Waals surface area (Å²) in [5.41, 5.74) is 0.464. The van der Waals surface area contributed by atoms with E-state index in [0.717, 1.165) is 31.7 Å². The summed E-state index contributed by atoms with van der Waals surface area (Å²) in [4.78, 5) is 12.5. The van der Waals surface area contributed by atoms with Gasteiger partial charge in [0.15, 0.2) is 5.75 Å². The van der Waals surface area contributed by atoms with Gasteiger partial charge in [-0.2, -0.15) is 0 Å². The van der Waals surface area contributed by atoms with Crippen LogP contribution in [-0.2, 0) is 0 Å². The molecule has 1 fully saturated rings. The van der Waals surface area contributed by atoms with Crippen LogP contribution in [0.4, 0.5) is 5.69 Å². The fraction of sp³-hybridized carbons (Fsp3) is 0.538. The molecule has 1 heterocycles. The molecule has 1 aromatic carbocycles. The van der Waals surface area contributed by atoms with Gasteiger partial charge in [-0.1, -0.05) is 6.07 Å². The first-order chi connectivity index (χ1) is 9.63. The van der Waals surface area contributed by atoms with Crippen LogP contribution < -0.4 is 5.32 Å². The average molecular weight is 281 g/mol. The summed E-state index contributed by atoms with van der Waals surface area (Å²) in [5, 5.41) is 32.9. The molecule has 7 heteroatoms. The van der Waals surface area contributed by atoms with Crippen molar-refractivity contribution in [3.63, 3.8) is 0 Å². The molecule has 3 N–H and O–H groups in total. The van der Waals surface area contributed by atoms with Gasteiger partial charge in [-0.3, -0.25) is 15.0 Å². The van der Waals surface area contributed by atoms with E-state index >= 15 is 0 Å². The standard InChI is InChI=1S/C13H19N3O4/c17-8-3-11(15-6-4-14-5-7-15)10-1-2-13(18)12(9-10)16(19)20/h1-2,9,11,14,17-18H,3-8H2/t11-/m0/s1. The van der Waals surface area contributed by atoms with E-state index in [1.165, 1.54) is 12.1 Å². The van der Waals surface area contributed by atoms with Gasteiger partial charge in [0.2, 0.25) is 0 Å². The molecule has 1 aliphatic heterocycles. The highest BCUT2D eigenvalue weighted by molar-refractivity contribution is 5.48. The summed E-state index contributed by atoms with van der Waals surface area (Å²) in [6.07, 6.45) is 0.516. The van der Waals surface area contributed by atoms with Crippen molar-refractivity contribution in [2.24, 2.45) is 0 Å². The largest absolute Gasteiger partial charge is 0.502 e. The van der Waals surface area contributed by atoms with E-state index in [0.29, 0.717) is 6.42 Å². The molecular weight excluding hydrogens is 262 g/mol. The SMILES string of the molecule is O=[N+]([O-])c1cc([C@H](CCO)N2CCNCC2)ccc1O.